The topological polar surface area (TPSA) is 93.9 Å². The fourth-order valence-corrected chi connectivity index (χ4v) is 5.27. The zero-order chi connectivity index (χ0) is 21.9. The molecule has 1 saturated heterocycles. The predicted molar refractivity (Wildman–Crippen MR) is 119 cm³/mol. The van der Waals surface area contributed by atoms with Crippen LogP contribution in [0.4, 0.5) is 4.79 Å². The summed E-state index contributed by atoms with van der Waals surface area (Å²) in [6, 6.07) is 0. The van der Waals surface area contributed by atoms with E-state index in [2.05, 4.69) is 48.9 Å². The van der Waals surface area contributed by atoms with E-state index in [4.69, 9.17) is 9.47 Å². The molecule has 2 aromatic rings. The second kappa shape index (κ2) is 9.54. The van der Waals surface area contributed by atoms with Crippen LogP contribution in [0.3, 0.4) is 0 Å². The molecule has 3 atom stereocenters. The number of fused-ring (bicyclic) bond motifs is 3. The van der Waals surface area contributed by atoms with Gasteiger partial charge in [0.25, 0.3) is 0 Å². The van der Waals surface area contributed by atoms with Crippen molar-refractivity contribution in [3.63, 3.8) is 0 Å². The summed E-state index contributed by atoms with van der Waals surface area (Å²) < 4.78 is 13.3. The summed E-state index contributed by atoms with van der Waals surface area (Å²) >= 11 is 0. The lowest BCUT2D eigenvalue weighted by molar-refractivity contribution is 0.0372. The third-order valence-electron chi connectivity index (χ3n) is 6.98. The van der Waals surface area contributed by atoms with Gasteiger partial charge in [-0.15, -0.1) is 10.2 Å². The van der Waals surface area contributed by atoms with E-state index in [-0.39, 0.29) is 18.1 Å². The number of carbonyl (C=O) groups is 1. The molecule has 5 rings (SSSR count). The first-order valence-electron chi connectivity index (χ1n) is 11.9. The zero-order valence-electron chi connectivity index (χ0n) is 18.7. The Morgan fingerprint density at radius 3 is 3.00 bits per heavy atom. The SMILES string of the molecule is CC[C@@H]1C[C@H](OC(=O)NCCCN2CCOCC2)C[C@@H]1c1nnc2cnc3c(n12)C=CC3. The Labute approximate surface area is 188 Å². The number of ether oxygens (including phenoxy) is 2. The lowest BCUT2D eigenvalue weighted by Gasteiger charge is -2.26. The highest BCUT2D eigenvalue weighted by molar-refractivity contribution is 5.67. The van der Waals surface area contributed by atoms with Crippen molar-refractivity contribution in [3.05, 3.63) is 29.5 Å². The van der Waals surface area contributed by atoms with Crippen molar-refractivity contribution in [2.24, 2.45) is 5.92 Å². The summed E-state index contributed by atoms with van der Waals surface area (Å²) in [6.07, 6.45) is 10.1. The molecule has 2 aromatic heterocycles. The van der Waals surface area contributed by atoms with Crippen molar-refractivity contribution >= 4 is 17.8 Å². The van der Waals surface area contributed by atoms with Crippen LogP contribution in [0.25, 0.3) is 11.7 Å². The van der Waals surface area contributed by atoms with Crippen molar-refractivity contribution < 1.29 is 14.3 Å². The Kier molecular flexibility index (Phi) is 6.36. The molecule has 0 spiro atoms. The van der Waals surface area contributed by atoms with Crippen molar-refractivity contribution in [3.8, 4) is 0 Å². The Morgan fingerprint density at radius 2 is 2.16 bits per heavy atom. The molecule has 1 saturated carbocycles. The second-order valence-corrected chi connectivity index (χ2v) is 8.96. The van der Waals surface area contributed by atoms with Crippen molar-refractivity contribution in [2.45, 2.75) is 51.0 Å². The van der Waals surface area contributed by atoms with E-state index < -0.39 is 0 Å². The monoisotopic (exact) mass is 440 g/mol. The molecular weight excluding hydrogens is 408 g/mol. The molecule has 1 aliphatic heterocycles. The van der Waals surface area contributed by atoms with E-state index in [0.29, 0.717) is 12.5 Å². The third-order valence-corrected chi connectivity index (χ3v) is 6.98. The predicted octanol–water partition coefficient (Wildman–Crippen LogP) is 2.41. The molecule has 3 aliphatic rings. The highest BCUT2D eigenvalue weighted by Gasteiger charge is 2.39. The third kappa shape index (κ3) is 4.36. The van der Waals surface area contributed by atoms with E-state index in [0.717, 1.165) is 87.8 Å². The molecule has 2 fully saturated rings. The number of nitrogens with zero attached hydrogens (tertiary/aromatic N) is 5. The Hall–Kier alpha value is -2.52. The van der Waals surface area contributed by atoms with Crippen molar-refractivity contribution in [1.82, 2.24) is 29.8 Å². The first-order valence-corrected chi connectivity index (χ1v) is 11.9. The number of morpholine rings is 1. The van der Waals surface area contributed by atoms with Crippen LogP contribution < -0.4 is 5.32 Å². The van der Waals surface area contributed by atoms with Gasteiger partial charge in [-0.25, -0.2) is 4.79 Å². The minimum absolute atomic E-state index is 0.0954. The second-order valence-electron chi connectivity index (χ2n) is 8.96. The first-order chi connectivity index (χ1) is 15.7. The van der Waals surface area contributed by atoms with Crippen LogP contribution in [0.15, 0.2) is 12.3 Å². The van der Waals surface area contributed by atoms with E-state index in [1.807, 2.05) is 0 Å². The van der Waals surface area contributed by atoms with Gasteiger partial charge < -0.3 is 14.8 Å². The molecule has 0 bridgehead atoms. The maximum atomic E-state index is 12.4. The number of hydrogen-bond acceptors (Lipinski definition) is 7. The lowest BCUT2D eigenvalue weighted by atomic mass is 9.93. The molecule has 3 heterocycles. The number of allylic oxidation sites excluding steroid dienone is 1. The fraction of sp³-hybridized carbons (Fsp3) is 0.652. The lowest BCUT2D eigenvalue weighted by Crippen LogP contribution is -2.38. The van der Waals surface area contributed by atoms with Crippen LogP contribution in [0, 0.1) is 5.92 Å². The Balaban J connectivity index is 1.18. The fourth-order valence-electron chi connectivity index (χ4n) is 5.27. The van der Waals surface area contributed by atoms with Gasteiger partial charge in [-0.2, -0.15) is 0 Å². The highest BCUT2D eigenvalue weighted by atomic mass is 16.6. The van der Waals surface area contributed by atoms with Gasteiger partial charge in [0, 0.05) is 32.0 Å². The summed E-state index contributed by atoms with van der Waals surface area (Å²) in [5.74, 6) is 1.60. The van der Waals surface area contributed by atoms with Gasteiger partial charge in [-0.3, -0.25) is 14.3 Å². The van der Waals surface area contributed by atoms with Gasteiger partial charge in [-0.05, 0) is 37.8 Å². The summed E-state index contributed by atoms with van der Waals surface area (Å²) in [7, 11) is 0. The average molecular weight is 441 g/mol. The quantitative estimate of drug-likeness (QED) is 0.661. The molecule has 0 unspecified atom stereocenters. The minimum atomic E-state index is -0.313. The number of amides is 1. The zero-order valence-corrected chi connectivity index (χ0v) is 18.7. The molecule has 0 aromatic carbocycles. The summed E-state index contributed by atoms with van der Waals surface area (Å²) in [4.78, 5) is 19.3. The van der Waals surface area contributed by atoms with Gasteiger partial charge >= 0.3 is 6.09 Å². The van der Waals surface area contributed by atoms with Crippen molar-refractivity contribution in [1.29, 1.82) is 0 Å². The number of carbonyl (C=O) groups excluding carboxylic acids is 1. The Bertz CT molecular complexity index is 984. The minimum Gasteiger partial charge on any atom is -0.446 e. The highest BCUT2D eigenvalue weighted by Crippen LogP contribution is 2.42. The standard InChI is InChI=1S/C23H32N6O3/c1-2-16-13-17(32-23(30)24-7-4-8-28-9-11-31-12-10-28)14-18(16)22-27-26-21-15-25-19-5-3-6-20(19)29(21)22/h3,6,15-18H,2,4-5,7-14H2,1H3,(H,24,30)/t16-,17+,18+/m1/s1. The van der Waals surface area contributed by atoms with Crippen molar-refractivity contribution in [2.75, 3.05) is 39.4 Å². The first kappa shape index (κ1) is 21.3. The van der Waals surface area contributed by atoms with Crippen LogP contribution in [0.5, 0.6) is 0 Å². The largest absolute Gasteiger partial charge is 0.446 e. The molecule has 9 heteroatoms. The number of aromatic nitrogens is 4. The molecule has 32 heavy (non-hydrogen) atoms. The van der Waals surface area contributed by atoms with E-state index in [1.54, 1.807) is 6.20 Å². The molecule has 2 aliphatic carbocycles. The van der Waals surface area contributed by atoms with Gasteiger partial charge in [-0.1, -0.05) is 19.4 Å². The number of hydrogen-bond donors (Lipinski definition) is 1. The molecule has 0 radical (unpaired) electrons. The molecule has 9 nitrogen and oxygen atoms in total. The molecular formula is C23H32N6O3. The molecule has 172 valence electrons. The van der Waals surface area contributed by atoms with Gasteiger partial charge in [0.1, 0.15) is 11.9 Å². The van der Waals surface area contributed by atoms with Gasteiger partial charge in [0.05, 0.1) is 30.8 Å². The number of alkyl carbamates (subject to hydrolysis) is 1. The summed E-state index contributed by atoms with van der Waals surface area (Å²) in [5, 5.41) is 11.8. The van der Waals surface area contributed by atoms with E-state index in [9.17, 15) is 4.79 Å². The van der Waals surface area contributed by atoms with Crippen LogP contribution in [0.2, 0.25) is 0 Å². The summed E-state index contributed by atoms with van der Waals surface area (Å²) in [5.41, 5.74) is 2.93. The Morgan fingerprint density at radius 1 is 1.28 bits per heavy atom. The molecule has 1 N–H and O–H groups in total. The van der Waals surface area contributed by atoms with E-state index >= 15 is 0 Å². The van der Waals surface area contributed by atoms with Crippen LogP contribution in [-0.2, 0) is 15.9 Å². The normalized spacial score (nSPS) is 25.3. The van der Waals surface area contributed by atoms with Crippen LogP contribution in [-0.4, -0.2) is 76.1 Å². The van der Waals surface area contributed by atoms with Crippen LogP contribution >= 0.6 is 0 Å². The van der Waals surface area contributed by atoms with Crippen LogP contribution in [0.1, 0.15) is 55.7 Å². The summed E-state index contributed by atoms with van der Waals surface area (Å²) in [6.45, 7) is 7.34. The molecule has 1 amide bonds. The van der Waals surface area contributed by atoms with Gasteiger partial charge in [0.2, 0.25) is 0 Å². The van der Waals surface area contributed by atoms with Gasteiger partial charge in [0.15, 0.2) is 5.65 Å². The smallest absolute Gasteiger partial charge is 0.407 e. The number of nitrogens with one attached hydrogen (secondary N) is 1. The average Bonchev–Trinajstić information content (AvgIpc) is 3.54. The maximum Gasteiger partial charge on any atom is 0.407 e. The number of rotatable bonds is 7. The van der Waals surface area contributed by atoms with E-state index in [1.165, 1.54) is 0 Å². The maximum absolute atomic E-state index is 12.4.